The van der Waals surface area contributed by atoms with Gasteiger partial charge in [-0.15, -0.1) is 11.3 Å². The summed E-state index contributed by atoms with van der Waals surface area (Å²) in [6.07, 6.45) is -1.47. The Morgan fingerprint density at radius 2 is 1.77 bits per heavy atom. The molecular formula is C28H34N4O6S. The summed E-state index contributed by atoms with van der Waals surface area (Å²) in [4.78, 5) is 42.3. The zero-order valence-electron chi connectivity index (χ0n) is 22.9. The Hall–Kier alpha value is -4.12. The fourth-order valence-electron chi connectivity index (χ4n) is 3.52. The molecule has 0 saturated carbocycles. The number of nitrogens with zero attached hydrogens (tertiary/aromatic N) is 2. The molecule has 0 saturated heterocycles. The van der Waals surface area contributed by atoms with Gasteiger partial charge in [0.1, 0.15) is 11.4 Å². The van der Waals surface area contributed by atoms with Gasteiger partial charge in [0.25, 0.3) is 5.91 Å². The van der Waals surface area contributed by atoms with Gasteiger partial charge in [-0.2, -0.15) is 0 Å². The lowest BCUT2D eigenvalue weighted by Gasteiger charge is -2.19. The van der Waals surface area contributed by atoms with Crippen molar-refractivity contribution in [3.8, 4) is 5.75 Å². The summed E-state index contributed by atoms with van der Waals surface area (Å²) in [5.41, 5.74) is 2.36. The van der Waals surface area contributed by atoms with Crippen molar-refractivity contribution >= 4 is 45.9 Å². The van der Waals surface area contributed by atoms with Crippen LogP contribution in [0.3, 0.4) is 0 Å². The van der Waals surface area contributed by atoms with Crippen LogP contribution in [-0.4, -0.2) is 46.4 Å². The van der Waals surface area contributed by atoms with Crippen molar-refractivity contribution in [3.05, 3.63) is 64.7 Å². The molecule has 3 N–H and O–H groups in total. The van der Waals surface area contributed by atoms with E-state index in [1.807, 2.05) is 32.9 Å². The number of benzene rings is 2. The van der Waals surface area contributed by atoms with Crippen molar-refractivity contribution in [1.29, 1.82) is 0 Å². The molecular weight excluding hydrogens is 520 g/mol. The predicted octanol–water partition coefficient (Wildman–Crippen LogP) is 6.57. The maximum atomic E-state index is 12.9. The molecule has 1 aromatic heterocycles. The lowest BCUT2D eigenvalue weighted by Crippen LogP contribution is -2.31. The maximum Gasteiger partial charge on any atom is 0.413 e. The fourth-order valence-corrected chi connectivity index (χ4v) is 4.25. The number of rotatable bonds is 9. The molecule has 0 atom stereocenters. The van der Waals surface area contributed by atoms with E-state index in [1.165, 1.54) is 16.2 Å². The Balaban J connectivity index is 1.63. The largest absolute Gasteiger partial charge is 0.490 e. The van der Waals surface area contributed by atoms with Gasteiger partial charge >= 0.3 is 12.2 Å². The Morgan fingerprint density at radius 3 is 2.38 bits per heavy atom. The lowest BCUT2D eigenvalue weighted by atomic mass is 10.1. The molecule has 0 spiro atoms. The van der Waals surface area contributed by atoms with Crippen LogP contribution in [0.5, 0.6) is 5.75 Å². The maximum absolute atomic E-state index is 12.9. The van der Waals surface area contributed by atoms with Gasteiger partial charge in [-0.05, 0) is 83.5 Å². The second kappa shape index (κ2) is 12.6. The Bertz CT molecular complexity index is 1310. The summed E-state index contributed by atoms with van der Waals surface area (Å²) in [7, 11) is 0. The van der Waals surface area contributed by atoms with E-state index in [0.717, 1.165) is 5.56 Å². The van der Waals surface area contributed by atoms with E-state index in [9.17, 15) is 19.5 Å². The van der Waals surface area contributed by atoms with E-state index in [1.54, 1.807) is 56.5 Å². The number of hydrogen-bond acceptors (Lipinski definition) is 7. The molecule has 39 heavy (non-hydrogen) atoms. The second-order valence-electron chi connectivity index (χ2n) is 10.1. The molecule has 3 aromatic rings. The number of carbonyl (C=O) groups excluding carboxylic acids is 2. The summed E-state index contributed by atoms with van der Waals surface area (Å²) in [6, 6.07) is 11.9. The van der Waals surface area contributed by atoms with Gasteiger partial charge in [-0.25, -0.2) is 14.6 Å². The number of carboxylic acid groups (broad SMARTS) is 1. The monoisotopic (exact) mass is 554 g/mol. The van der Waals surface area contributed by atoms with Crippen molar-refractivity contribution in [1.82, 2.24) is 4.98 Å². The molecule has 3 amide bonds. The van der Waals surface area contributed by atoms with Crippen LogP contribution in [0.1, 0.15) is 56.2 Å². The van der Waals surface area contributed by atoms with Gasteiger partial charge in [0.05, 0.1) is 17.4 Å². The first-order chi connectivity index (χ1) is 18.3. The minimum atomic E-state index is -1.12. The van der Waals surface area contributed by atoms with Gasteiger partial charge in [-0.1, -0.05) is 6.07 Å². The first-order valence-corrected chi connectivity index (χ1v) is 13.3. The highest BCUT2D eigenvalue weighted by Crippen LogP contribution is 2.25. The number of aryl methyl sites for hydroxylation is 1. The van der Waals surface area contributed by atoms with Crippen LogP contribution in [0.15, 0.2) is 47.8 Å². The van der Waals surface area contributed by atoms with Crippen LogP contribution >= 0.6 is 11.3 Å². The second-order valence-corrected chi connectivity index (χ2v) is 11.0. The van der Waals surface area contributed by atoms with Crippen molar-refractivity contribution in [2.24, 2.45) is 0 Å². The number of hydrogen-bond donors (Lipinski definition) is 3. The van der Waals surface area contributed by atoms with Crippen LogP contribution in [0.4, 0.5) is 26.1 Å². The molecule has 2 aromatic carbocycles. The summed E-state index contributed by atoms with van der Waals surface area (Å²) >= 11 is 1.23. The summed E-state index contributed by atoms with van der Waals surface area (Å²) in [5, 5.41) is 17.3. The minimum absolute atomic E-state index is 0.0863. The van der Waals surface area contributed by atoms with E-state index in [-0.39, 0.29) is 18.6 Å². The van der Waals surface area contributed by atoms with Crippen LogP contribution in [0, 0.1) is 6.92 Å². The smallest absolute Gasteiger partial charge is 0.413 e. The molecule has 1 heterocycles. The molecule has 0 aliphatic rings. The molecule has 10 nitrogen and oxygen atoms in total. The quantitative estimate of drug-likeness (QED) is 0.273. The van der Waals surface area contributed by atoms with Crippen molar-refractivity contribution < 1.29 is 29.0 Å². The topological polar surface area (TPSA) is 130 Å². The van der Waals surface area contributed by atoms with E-state index < -0.39 is 17.8 Å². The Kier molecular flexibility index (Phi) is 9.52. The molecule has 0 aliphatic heterocycles. The molecule has 3 rings (SSSR count). The average Bonchev–Trinajstić information content (AvgIpc) is 3.25. The average molecular weight is 555 g/mol. The van der Waals surface area contributed by atoms with Crippen molar-refractivity contribution in [3.63, 3.8) is 0 Å². The van der Waals surface area contributed by atoms with Crippen LogP contribution < -0.4 is 20.3 Å². The number of anilines is 3. The van der Waals surface area contributed by atoms with Crippen LogP contribution in [0.2, 0.25) is 0 Å². The molecule has 0 radical (unpaired) electrons. The van der Waals surface area contributed by atoms with Gasteiger partial charge in [0.15, 0.2) is 5.13 Å². The fraction of sp³-hybridized carbons (Fsp3) is 0.357. The van der Waals surface area contributed by atoms with Gasteiger partial charge in [0.2, 0.25) is 0 Å². The third-order valence-electron chi connectivity index (χ3n) is 5.16. The lowest BCUT2D eigenvalue weighted by molar-refractivity contribution is 0.0635. The van der Waals surface area contributed by atoms with Gasteiger partial charge < -0.3 is 19.9 Å². The molecule has 0 unspecified atom stereocenters. The standard InChI is InChI=1S/C28H34N4O6S/c1-17(2)37-23-15-18(3)7-12-22(23)24(33)29-19-8-10-21(11-9-19)32(27(35)36)14-13-20-16-39-25(30-20)31-26(34)38-28(4,5)6/h7-12,15-17H,13-14H2,1-6H3,(H,29,33)(H,35,36)(H,30,31,34). The molecule has 0 bridgehead atoms. The first-order valence-electron chi connectivity index (χ1n) is 12.4. The highest BCUT2D eigenvalue weighted by Gasteiger charge is 2.19. The van der Waals surface area contributed by atoms with Crippen LogP contribution in [-0.2, 0) is 11.2 Å². The number of thiazole rings is 1. The Morgan fingerprint density at radius 1 is 1.08 bits per heavy atom. The molecule has 0 aliphatic carbocycles. The Labute approximate surface area is 232 Å². The van der Waals surface area contributed by atoms with E-state index >= 15 is 0 Å². The predicted molar refractivity (Wildman–Crippen MR) is 152 cm³/mol. The number of ether oxygens (including phenoxy) is 2. The van der Waals surface area contributed by atoms with E-state index in [2.05, 4.69) is 15.6 Å². The summed E-state index contributed by atoms with van der Waals surface area (Å²) < 4.78 is 11.0. The first kappa shape index (κ1) is 29.4. The number of amides is 3. The number of nitrogens with one attached hydrogen (secondary N) is 2. The van der Waals surface area contributed by atoms with Gasteiger partial charge in [-0.3, -0.25) is 15.0 Å². The number of aromatic nitrogens is 1. The van der Waals surface area contributed by atoms with Gasteiger partial charge in [0, 0.05) is 29.7 Å². The molecule has 208 valence electrons. The normalized spacial score (nSPS) is 11.2. The SMILES string of the molecule is Cc1ccc(C(=O)Nc2ccc(N(CCc3csc(NC(=O)OC(C)(C)C)n3)C(=O)O)cc2)c(OC(C)C)c1. The molecule has 11 heteroatoms. The highest BCUT2D eigenvalue weighted by molar-refractivity contribution is 7.13. The van der Waals surface area contributed by atoms with E-state index in [4.69, 9.17) is 9.47 Å². The highest BCUT2D eigenvalue weighted by atomic mass is 32.1. The van der Waals surface area contributed by atoms with Crippen LogP contribution in [0.25, 0.3) is 0 Å². The van der Waals surface area contributed by atoms with Crippen molar-refractivity contribution in [2.75, 3.05) is 22.1 Å². The summed E-state index contributed by atoms with van der Waals surface area (Å²) in [5.74, 6) is 0.176. The third-order valence-corrected chi connectivity index (χ3v) is 5.97. The third kappa shape index (κ3) is 8.99. The number of carbonyl (C=O) groups is 3. The minimum Gasteiger partial charge on any atom is -0.490 e. The molecule has 0 fully saturated rings. The zero-order valence-corrected chi connectivity index (χ0v) is 23.7. The summed E-state index contributed by atoms with van der Waals surface area (Å²) in [6.45, 7) is 11.2. The van der Waals surface area contributed by atoms with Crippen molar-refractivity contribution in [2.45, 2.75) is 59.7 Å². The zero-order chi connectivity index (χ0) is 28.7. The van der Waals surface area contributed by atoms with E-state index in [0.29, 0.717) is 39.9 Å².